The van der Waals surface area contributed by atoms with Crippen LogP contribution >= 0.6 is 0 Å². The molecule has 5 N–H and O–H groups in total. The van der Waals surface area contributed by atoms with Crippen LogP contribution < -0.4 is 11.1 Å². The number of nitrogens with one attached hydrogen (secondary N) is 1. The van der Waals surface area contributed by atoms with Gasteiger partial charge in [-0.2, -0.15) is 0 Å². The van der Waals surface area contributed by atoms with Gasteiger partial charge in [-0.1, -0.05) is 0 Å². The number of carboxylic acid groups (broad SMARTS) is 1. The molecule has 0 aliphatic heterocycles. The van der Waals surface area contributed by atoms with E-state index in [0.29, 0.717) is 0 Å². The van der Waals surface area contributed by atoms with Gasteiger partial charge in [-0.3, -0.25) is 5.73 Å². The lowest BCUT2D eigenvalue weighted by molar-refractivity contribution is -0.157. The number of hydrogen-bond donors (Lipinski definition) is 4. The van der Waals surface area contributed by atoms with Gasteiger partial charge in [-0.05, 0) is 7.05 Å². The number of nitrogens with two attached hydrogens (primary N) is 1. The number of likely N-dealkylation sites (N-methyl/N-ethyl adjacent to an activating group) is 1. The summed E-state index contributed by atoms with van der Waals surface area (Å²) in [5, 5.41) is 19.3. The van der Waals surface area contributed by atoms with Crippen LogP contribution in [0.15, 0.2) is 0 Å². The maximum Gasteiger partial charge on any atom is 0.352 e. The minimum atomic E-state index is -2.14. The molecule has 0 saturated carbocycles. The van der Waals surface area contributed by atoms with Crippen molar-refractivity contribution in [1.82, 2.24) is 5.32 Å². The van der Waals surface area contributed by atoms with Crippen LogP contribution in [0.4, 0.5) is 0 Å². The lowest BCUT2D eigenvalue weighted by Crippen LogP contribution is -2.54. The number of aliphatic hydroxyl groups is 1. The van der Waals surface area contributed by atoms with Crippen molar-refractivity contribution in [2.75, 3.05) is 13.6 Å². The molecule has 0 heterocycles. The fourth-order valence-corrected chi connectivity index (χ4v) is 0.345. The highest BCUT2D eigenvalue weighted by Gasteiger charge is 2.29. The van der Waals surface area contributed by atoms with E-state index >= 15 is 0 Å². The highest BCUT2D eigenvalue weighted by molar-refractivity contribution is 5.76. The van der Waals surface area contributed by atoms with Crippen LogP contribution in [0.1, 0.15) is 0 Å². The number of rotatable bonds is 3. The molecule has 0 aromatic rings. The molecule has 0 rings (SSSR count). The quantitative estimate of drug-likeness (QED) is 0.333. The second kappa shape index (κ2) is 2.77. The molecule has 0 bridgehead atoms. The summed E-state index contributed by atoms with van der Waals surface area (Å²) in [5.41, 5.74) is 2.72. The normalized spacial score (nSPS) is 16.8. The molecule has 1 unspecified atom stereocenters. The SMILES string of the molecule is CNCC(N)(O)C(=O)O. The van der Waals surface area contributed by atoms with Crippen molar-refractivity contribution in [3.63, 3.8) is 0 Å². The lowest BCUT2D eigenvalue weighted by Gasteiger charge is -2.15. The minimum absolute atomic E-state index is 0.164. The fraction of sp³-hybridized carbons (Fsp3) is 0.750. The third-order valence-corrected chi connectivity index (χ3v) is 0.817. The molecule has 0 aliphatic carbocycles. The molecule has 5 heteroatoms. The Morgan fingerprint density at radius 1 is 1.89 bits per heavy atom. The number of aliphatic carboxylic acids is 1. The van der Waals surface area contributed by atoms with Crippen molar-refractivity contribution >= 4 is 5.97 Å². The Morgan fingerprint density at radius 2 is 2.33 bits per heavy atom. The third kappa shape index (κ3) is 2.41. The van der Waals surface area contributed by atoms with Crippen molar-refractivity contribution in [2.24, 2.45) is 5.73 Å². The first kappa shape index (κ1) is 8.35. The first-order chi connectivity index (χ1) is 4.00. The van der Waals surface area contributed by atoms with Crippen molar-refractivity contribution < 1.29 is 15.0 Å². The zero-order chi connectivity index (χ0) is 7.49. The molecular weight excluding hydrogens is 124 g/mol. The predicted molar refractivity (Wildman–Crippen MR) is 30.7 cm³/mol. The average molecular weight is 134 g/mol. The van der Waals surface area contributed by atoms with Crippen LogP contribution in [-0.4, -0.2) is 35.5 Å². The summed E-state index contributed by atoms with van der Waals surface area (Å²) in [4.78, 5) is 10.00. The molecule has 0 fully saturated rings. The zero-order valence-electron chi connectivity index (χ0n) is 5.09. The van der Waals surface area contributed by atoms with E-state index in [2.05, 4.69) is 5.32 Å². The first-order valence-corrected chi connectivity index (χ1v) is 2.40. The molecular formula is C4H10N2O3. The van der Waals surface area contributed by atoms with Crippen LogP contribution in [-0.2, 0) is 4.79 Å². The second-order valence-corrected chi connectivity index (χ2v) is 1.76. The Bertz CT molecular complexity index is 112. The number of carboxylic acids is 1. The highest BCUT2D eigenvalue weighted by Crippen LogP contribution is 1.90. The van der Waals surface area contributed by atoms with Gasteiger partial charge in [-0.25, -0.2) is 4.79 Å². The largest absolute Gasteiger partial charge is 0.478 e. The van der Waals surface area contributed by atoms with E-state index in [1.165, 1.54) is 7.05 Å². The standard InChI is InChI=1S/C4H10N2O3/c1-6-2-4(5,9)3(7)8/h6,9H,2,5H2,1H3,(H,7,8). The van der Waals surface area contributed by atoms with Gasteiger partial charge < -0.3 is 15.5 Å². The Labute approximate surface area is 52.5 Å². The Hall–Kier alpha value is -0.650. The summed E-state index contributed by atoms with van der Waals surface area (Å²) in [6.45, 7) is -0.164. The van der Waals surface area contributed by atoms with E-state index in [-0.39, 0.29) is 6.54 Å². The second-order valence-electron chi connectivity index (χ2n) is 1.76. The summed E-state index contributed by atoms with van der Waals surface area (Å²) >= 11 is 0. The van der Waals surface area contributed by atoms with Crippen LogP contribution in [0.3, 0.4) is 0 Å². The Morgan fingerprint density at radius 3 is 2.44 bits per heavy atom. The van der Waals surface area contributed by atoms with E-state index in [9.17, 15) is 4.79 Å². The van der Waals surface area contributed by atoms with E-state index in [4.69, 9.17) is 15.9 Å². The summed E-state index contributed by atoms with van der Waals surface area (Å²) in [5.74, 6) is -1.43. The monoisotopic (exact) mass is 134 g/mol. The Kier molecular flexibility index (Phi) is 2.57. The molecule has 0 spiro atoms. The van der Waals surface area contributed by atoms with Gasteiger partial charge in [0, 0.05) is 6.54 Å². The molecule has 0 amide bonds. The lowest BCUT2D eigenvalue weighted by atomic mass is 10.2. The zero-order valence-corrected chi connectivity index (χ0v) is 5.09. The van der Waals surface area contributed by atoms with Gasteiger partial charge in [0.25, 0.3) is 0 Å². The third-order valence-electron chi connectivity index (χ3n) is 0.817. The molecule has 0 aromatic heterocycles. The van der Waals surface area contributed by atoms with Gasteiger partial charge in [0.05, 0.1) is 0 Å². The topological polar surface area (TPSA) is 95.6 Å². The van der Waals surface area contributed by atoms with Gasteiger partial charge in [0.2, 0.25) is 5.72 Å². The van der Waals surface area contributed by atoms with Gasteiger partial charge in [0.1, 0.15) is 0 Å². The van der Waals surface area contributed by atoms with Crippen LogP contribution in [0.2, 0.25) is 0 Å². The average Bonchev–Trinajstić information content (AvgIpc) is 1.65. The maximum atomic E-state index is 10.00. The molecule has 9 heavy (non-hydrogen) atoms. The first-order valence-electron chi connectivity index (χ1n) is 2.40. The number of hydrogen-bond acceptors (Lipinski definition) is 4. The maximum absolute atomic E-state index is 10.00. The Balaban J connectivity index is 3.85. The fourth-order valence-electron chi connectivity index (χ4n) is 0.345. The van der Waals surface area contributed by atoms with Crippen LogP contribution in [0.25, 0.3) is 0 Å². The highest BCUT2D eigenvalue weighted by atomic mass is 16.4. The molecule has 1 atom stereocenters. The molecule has 54 valence electrons. The van der Waals surface area contributed by atoms with Gasteiger partial charge >= 0.3 is 5.97 Å². The summed E-state index contributed by atoms with van der Waals surface area (Å²) < 4.78 is 0. The molecule has 5 nitrogen and oxygen atoms in total. The summed E-state index contributed by atoms with van der Waals surface area (Å²) in [7, 11) is 1.50. The molecule has 0 aliphatic rings. The van der Waals surface area contributed by atoms with E-state index < -0.39 is 11.7 Å². The predicted octanol–water partition coefficient (Wildman–Crippen LogP) is -2.06. The molecule has 0 saturated heterocycles. The smallest absolute Gasteiger partial charge is 0.352 e. The summed E-state index contributed by atoms with van der Waals surface area (Å²) in [6.07, 6.45) is 0. The minimum Gasteiger partial charge on any atom is -0.478 e. The molecule has 0 aromatic carbocycles. The molecule has 0 radical (unpaired) electrons. The van der Waals surface area contributed by atoms with Crippen molar-refractivity contribution in [3.05, 3.63) is 0 Å². The van der Waals surface area contributed by atoms with Crippen LogP contribution in [0, 0.1) is 0 Å². The van der Waals surface area contributed by atoms with E-state index in [1.54, 1.807) is 0 Å². The van der Waals surface area contributed by atoms with Gasteiger partial charge in [0.15, 0.2) is 0 Å². The van der Waals surface area contributed by atoms with Crippen molar-refractivity contribution in [1.29, 1.82) is 0 Å². The van der Waals surface area contributed by atoms with E-state index in [1.807, 2.05) is 0 Å². The van der Waals surface area contributed by atoms with E-state index in [0.717, 1.165) is 0 Å². The number of carbonyl (C=O) groups is 1. The van der Waals surface area contributed by atoms with Crippen molar-refractivity contribution in [2.45, 2.75) is 5.72 Å². The van der Waals surface area contributed by atoms with Gasteiger partial charge in [-0.15, -0.1) is 0 Å². The van der Waals surface area contributed by atoms with Crippen LogP contribution in [0.5, 0.6) is 0 Å². The van der Waals surface area contributed by atoms with Crippen molar-refractivity contribution in [3.8, 4) is 0 Å². The summed E-state index contributed by atoms with van der Waals surface area (Å²) in [6, 6.07) is 0.